The predicted octanol–water partition coefficient (Wildman–Crippen LogP) is 2.44. The Balaban J connectivity index is 1.76. The van der Waals surface area contributed by atoms with E-state index in [1.807, 2.05) is 0 Å². The third-order valence-corrected chi connectivity index (χ3v) is 5.45. The van der Waals surface area contributed by atoms with Crippen molar-refractivity contribution in [2.75, 3.05) is 7.11 Å². The van der Waals surface area contributed by atoms with Crippen LogP contribution in [0.1, 0.15) is 11.5 Å². The Hall–Kier alpha value is -3.31. The smallest absolute Gasteiger partial charge is 0.270 e. The minimum Gasteiger partial charge on any atom is -0.497 e. The summed E-state index contributed by atoms with van der Waals surface area (Å²) in [6.45, 7) is 1.29. The van der Waals surface area contributed by atoms with E-state index in [0.717, 1.165) is 6.07 Å². The molecule has 1 aromatic heterocycles. The second-order valence-corrected chi connectivity index (χ2v) is 7.51. The van der Waals surface area contributed by atoms with Gasteiger partial charge in [-0.3, -0.25) is 10.1 Å². The van der Waals surface area contributed by atoms with Crippen molar-refractivity contribution in [1.29, 1.82) is 0 Å². The van der Waals surface area contributed by atoms with Crippen LogP contribution < -0.4 is 9.46 Å². The molecule has 2 aromatic carbocycles. The zero-order valence-electron chi connectivity index (χ0n) is 14.9. The average Bonchev–Trinajstić information content (AvgIpc) is 3.15. The lowest BCUT2D eigenvalue weighted by Crippen LogP contribution is -2.24. The van der Waals surface area contributed by atoms with Crippen molar-refractivity contribution in [2.24, 2.45) is 0 Å². The van der Waals surface area contributed by atoms with E-state index >= 15 is 0 Å². The first-order valence-corrected chi connectivity index (χ1v) is 9.50. The van der Waals surface area contributed by atoms with E-state index < -0.39 is 14.9 Å². The van der Waals surface area contributed by atoms with Gasteiger partial charge in [0.15, 0.2) is 0 Å². The number of sulfonamides is 1. The van der Waals surface area contributed by atoms with Crippen LogP contribution in [0.15, 0.2) is 51.9 Å². The van der Waals surface area contributed by atoms with Crippen LogP contribution in [0.3, 0.4) is 0 Å². The number of nitro benzene ring substituents is 1. The maximum Gasteiger partial charge on any atom is 0.270 e. The maximum atomic E-state index is 12.5. The monoisotopic (exact) mass is 404 g/mol. The summed E-state index contributed by atoms with van der Waals surface area (Å²) < 4.78 is 37.5. The van der Waals surface area contributed by atoms with Crippen LogP contribution >= 0.6 is 0 Å². The molecule has 11 heteroatoms. The molecule has 0 radical (unpaired) electrons. The van der Waals surface area contributed by atoms with Crippen molar-refractivity contribution in [3.05, 3.63) is 64.0 Å². The van der Waals surface area contributed by atoms with Gasteiger partial charge in [0.25, 0.3) is 5.69 Å². The van der Waals surface area contributed by atoms with Crippen molar-refractivity contribution in [1.82, 2.24) is 14.9 Å². The van der Waals surface area contributed by atoms with E-state index in [0.29, 0.717) is 22.7 Å². The molecule has 0 saturated heterocycles. The summed E-state index contributed by atoms with van der Waals surface area (Å²) in [7, 11) is -2.46. The Morgan fingerprint density at radius 1 is 1.21 bits per heavy atom. The number of nitrogens with one attached hydrogen (secondary N) is 1. The number of rotatable bonds is 7. The molecule has 3 rings (SSSR count). The van der Waals surface area contributed by atoms with E-state index in [1.54, 1.807) is 38.3 Å². The first-order valence-electron chi connectivity index (χ1n) is 8.02. The van der Waals surface area contributed by atoms with Crippen LogP contribution in [-0.4, -0.2) is 30.6 Å². The zero-order valence-corrected chi connectivity index (χ0v) is 15.8. The minimum absolute atomic E-state index is 0.0532. The van der Waals surface area contributed by atoms with E-state index in [9.17, 15) is 18.5 Å². The van der Waals surface area contributed by atoms with Crippen LogP contribution in [0.2, 0.25) is 0 Å². The molecule has 0 bridgehead atoms. The lowest BCUT2D eigenvalue weighted by molar-refractivity contribution is -0.385. The molecule has 0 aliphatic heterocycles. The van der Waals surface area contributed by atoms with Gasteiger partial charge in [0, 0.05) is 17.7 Å². The molecule has 1 heterocycles. The van der Waals surface area contributed by atoms with Gasteiger partial charge in [0.1, 0.15) is 5.75 Å². The van der Waals surface area contributed by atoms with Gasteiger partial charge in [-0.05, 0) is 36.8 Å². The second-order valence-electron chi connectivity index (χ2n) is 5.77. The second kappa shape index (κ2) is 7.74. The normalized spacial score (nSPS) is 11.4. The quantitative estimate of drug-likeness (QED) is 0.468. The first-order chi connectivity index (χ1) is 13.3. The van der Waals surface area contributed by atoms with Gasteiger partial charge >= 0.3 is 0 Å². The SMILES string of the molecule is COc1ccc(-c2noc(CNS(=O)(=O)c3cc([N+](=O)[O-])ccc3C)n2)cc1. The molecule has 146 valence electrons. The highest BCUT2D eigenvalue weighted by Crippen LogP contribution is 2.22. The first kappa shape index (κ1) is 19.5. The highest BCUT2D eigenvalue weighted by atomic mass is 32.2. The van der Waals surface area contributed by atoms with Crippen molar-refractivity contribution >= 4 is 15.7 Å². The molecule has 1 N–H and O–H groups in total. The van der Waals surface area contributed by atoms with Crippen LogP contribution in [0.5, 0.6) is 5.75 Å². The Bertz CT molecular complexity index is 1110. The number of hydrogen-bond acceptors (Lipinski definition) is 8. The Labute approximate surface area is 160 Å². The highest BCUT2D eigenvalue weighted by Gasteiger charge is 2.21. The van der Waals surface area contributed by atoms with Crippen molar-refractivity contribution in [2.45, 2.75) is 18.4 Å². The topological polar surface area (TPSA) is 137 Å². The van der Waals surface area contributed by atoms with Gasteiger partial charge in [0.05, 0.1) is 23.5 Å². The third-order valence-electron chi connectivity index (χ3n) is 3.90. The number of benzene rings is 2. The number of hydrogen-bond donors (Lipinski definition) is 1. The van der Waals surface area contributed by atoms with E-state index in [-0.39, 0.29) is 23.0 Å². The van der Waals surface area contributed by atoms with Crippen LogP contribution in [0, 0.1) is 17.0 Å². The average molecular weight is 404 g/mol. The summed E-state index contributed by atoms with van der Waals surface area (Å²) in [6.07, 6.45) is 0. The van der Waals surface area contributed by atoms with Crippen LogP contribution in [-0.2, 0) is 16.6 Å². The van der Waals surface area contributed by atoms with Gasteiger partial charge in [-0.1, -0.05) is 11.2 Å². The molecular weight excluding hydrogens is 388 g/mol. The fourth-order valence-corrected chi connectivity index (χ4v) is 3.65. The molecule has 3 aromatic rings. The number of nitrogens with zero attached hydrogens (tertiary/aromatic N) is 3. The van der Waals surface area contributed by atoms with Gasteiger partial charge < -0.3 is 9.26 Å². The Kier molecular flexibility index (Phi) is 5.38. The lowest BCUT2D eigenvalue weighted by atomic mass is 10.2. The zero-order chi connectivity index (χ0) is 20.3. The summed E-state index contributed by atoms with van der Waals surface area (Å²) in [4.78, 5) is 14.2. The number of aromatic nitrogens is 2. The number of methoxy groups -OCH3 is 1. The summed E-state index contributed by atoms with van der Waals surface area (Å²) in [5.74, 6) is 1.02. The van der Waals surface area contributed by atoms with E-state index in [4.69, 9.17) is 9.26 Å². The van der Waals surface area contributed by atoms with Crippen molar-refractivity contribution < 1.29 is 22.6 Å². The molecule has 0 fully saturated rings. The fraction of sp³-hybridized carbons (Fsp3) is 0.176. The molecule has 0 amide bonds. The van der Waals surface area contributed by atoms with Crippen LogP contribution in [0.25, 0.3) is 11.4 Å². The molecule has 0 unspecified atom stereocenters. The number of ether oxygens (including phenoxy) is 1. The molecule has 0 aliphatic carbocycles. The summed E-state index contributed by atoms with van der Waals surface area (Å²) in [5, 5.41) is 14.7. The molecule has 10 nitrogen and oxygen atoms in total. The highest BCUT2D eigenvalue weighted by molar-refractivity contribution is 7.89. The minimum atomic E-state index is -4.01. The van der Waals surface area contributed by atoms with Crippen LogP contribution in [0.4, 0.5) is 5.69 Å². The van der Waals surface area contributed by atoms with Gasteiger partial charge in [0.2, 0.25) is 21.7 Å². The molecular formula is C17H16N4O6S. The van der Waals surface area contributed by atoms with Gasteiger partial charge in [-0.2, -0.15) is 4.98 Å². The summed E-state index contributed by atoms with van der Waals surface area (Å²) in [5.41, 5.74) is 0.737. The van der Waals surface area contributed by atoms with Gasteiger partial charge in [-0.15, -0.1) is 0 Å². The predicted molar refractivity (Wildman–Crippen MR) is 98.1 cm³/mol. The number of aryl methyl sites for hydroxylation is 1. The maximum absolute atomic E-state index is 12.5. The van der Waals surface area contributed by atoms with Crippen molar-refractivity contribution in [3.63, 3.8) is 0 Å². The Morgan fingerprint density at radius 3 is 2.57 bits per heavy atom. The Morgan fingerprint density at radius 2 is 1.93 bits per heavy atom. The lowest BCUT2D eigenvalue weighted by Gasteiger charge is -2.07. The molecule has 0 spiro atoms. The fourth-order valence-electron chi connectivity index (χ4n) is 2.41. The molecule has 0 saturated carbocycles. The molecule has 0 aliphatic rings. The van der Waals surface area contributed by atoms with Crippen molar-refractivity contribution in [3.8, 4) is 17.1 Å². The number of nitro groups is 1. The molecule has 28 heavy (non-hydrogen) atoms. The van der Waals surface area contributed by atoms with E-state index in [1.165, 1.54) is 12.1 Å². The standard InChI is InChI=1S/C17H16N4O6S/c1-11-3-6-13(21(22)23)9-15(11)28(24,25)18-10-16-19-17(20-27-16)12-4-7-14(26-2)8-5-12/h3-9,18H,10H2,1-2H3. The van der Waals surface area contributed by atoms with E-state index in [2.05, 4.69) is 14.9 Å². The summed E-state index contributed by atoms with van der Waals surface area (Å²) in [6, 6.07) is 10.6. The summed E-state index contributed by atoms with van der Waals surface area (Å²) >= 11 is 0. The molecule has 0 atom stereocenters. The largest absolute Gasteiger partial charge is 0.497 e. The van der Waals surface area contributed by atoms with Gasteiger partial charge in [-0.25, -0.2) is 13.1 Å². The number of non-ortho nitro benzene ring substituents is 1. The third kappa shape index (κ3) is 4.15.